The first kappa shape index (κ1) is 17.1. The van der Waals surface area contributed by atoms with Gasteiger partial charge < -0.3 is 16.4 Å². The Balaban J connectivity index is 1.69. The summed E-state index contributed by atoms with van der Waals surface area (Å²) in [4.78, 5) is 41.0. The maximum absolute atomic E-state index is 12.1. The molecule has 0 aromatic carbocycles. The van der Waals surface area contributed by atoms with Crippen molar-refractivity contribution in [3.63, 3.8) is 0 Å². The Morgan fingerprint density at radius 2 is 1.96 bits per heavy atom. The normalized spacial score (nSPS) is 13.0. The van der Waals surface area contributed by atoms with Gasteiger partial charge in [0.2, 0.25) is 0 Å². The Hall–Kier alpha value is -2.74. The Labute approximate surface area is 148 Å². The molecule has 3 rings (SSSR count). The van der Waals surface area contributed by atoms with E-state index in [2.05, 4.69) is 15.6 Å². The zero-order valence-electron chi connectivity index (χ0n) is 13.5. The lowest BCUT2D eigenvalue weighted by Crippen LogP contribution is -2.35. The van der Waals surface area contributed by atoms with Crippen LogP contribution in [0.3, 0.4) is 0 Å². The van der Waals surface area contributed by atoms with E-state index < -0.39 is 17.7 Å². The summed E-state index contributed by atoms with van der Waals surface area (Å²) >= 11 is 1.33. The third kappa shape index (κ3) is 3.85. The second-order valence-corrected chi connectivity index (χ2v) is 6.84. The molecule has 2 aromatic rings. The van der Waals surface area contributed by atoms with Crippen LogP contribution in [0.2, 0.25) is 0 Å². The number of nitrogens with two attached hydrogens (primary N) is 1. The van der Waals surface area contributed by atoms with Gasteiger partial charge in [0.15, 0.2) is 0 Å². The summed E-state index contributed by atoms with van der Waals surface area (Å²) in [6.07, 6.45) is 5.27. The van der Waals surface area contributed by atoms with Crippen molar-refractivity contribution in [1.82, 2.24) is 10.3 Å². The molecule has 0 unspecified atom stereocenters. The molecule has 0 fully saturated rings. The van der Waals surface area contributed by atoms with Gasteiger partial charge in [0, 0.05) is 11.1 Å². The predicted octanol–water partition coefficient (Wildman–Crippen LogP) is 1.38. The first-order valence-corrected chi connectivity index (χ1v) is 8.81. The number of thiophene rings is 1. The van der Waals surface area contributed by atoms with Gasteiger partial charge in [-0.3, -0.25) is 19.4 Å². The first-order chi connectivity index (χ1) is 12.1. The molecule has 8 heteroatoms. The number of amides is 3. The summed E-state index contributed by atoms with van der Waals surface area (Å²) in [6, 6.07) is 5.31. The van der Waals surface area contributed by atoms with E-state index >= 15 is 0 Å². The monoisotopic (exact) mass is 358 g/mol. The molecule has 2 aromatic heterocycles. The van der Waals surface area contributed by atoms with E-state index in [-0.39, 0.29) is 6.54 Å². The number of pyridine rings is 1. The van der Waals surface area contributed by atoms with Crippen molar-refractivity contribution in [3.8, 4) is 0 Å². The lowest BCUT2D eigenvalue weighted by atomic mass is 9.95. The lowest BCUT2D eigenvalue weighted by molar-refractivity contribution is -0.136. The largest absolute Gasteiger partial charge is 0.365 e. The van der Waals surface area contributed by atoms with Crippen molar-refractivity contribution in [2.24, 2.45) is 5.73 Å². The van der Waals surface area contributed by atoms with E-state index in [1.54, 1.807) is 24.4 Å². The number of anilines is 1. The van der Waals surface area contributed by atoms with Crippen LogP contribution in [-0.4, -0.2) is 22.7 Å². The van der Waals surface area contributed by atoms with Gasteiger partial charge in [0.25, 0.3) is 5.91 Å². The fourth-order valence-electron chi connectivity index (χ4n) is 2.83. The van der Waals surface area contributed by atoms with E-state index in [1.807, 2.05) is 0 Å². The van der Waals surface area contributed by atoms with Crippen LogP contribution in [0.25, 0.3) is 0 Å². The Kier molecular flexibility index (Phi) is 5.08. The molecule has 2 heterocycles. The number of fused-ring (bicyclic) bond motifs is 1. The molecule has 0 bridgehead atoms. The third-order valence-corrected chi connectivity index (χ3v) is 5.21. The zero-order valence-corrected chi connectivity index (χ0v) is 14.3. The topological polar surface area (TPSA) is 114 Å². The molecule has 0 saturated heterocycles. The molecule has 0 spiro atoms. The Bertz CT molecular complexity index is 817. The van der Waals surface area contributed by atoms with Crippen molar-refractivity contribution in [2.45, 2.75) is 32.2 Å². The number of carbonyl (C=O) groups is 3. The first-order valence-electron chi connectivity index (χ1n) is 7.99. The van der Waals surface area contributed by atoms with Gasteiger partial charge in [0.05, 0.1) is 17.8 Å². The van der Waals surface area contributed by atoms with Gasteiger partial charge in [-0.1, -0.05) is 6.07 Å². The quantitative estimate of drug-likeness (QED) is 0.716. The second kappa shape index (κ2) is 7.43. The summed E-state index contributed by atoms with van der Waals surface area (Å²) < 4.78 is 0. The summed E-state index contributed by atoms with van der Waals surface area (Å²) in [6.45, 7) is 0.150. The SMILES string of the molecule is NC(=O)c1c(NC(=O)C(=O)NCc2ccccn2)sc2c1CCCC2. The van der Waals surface area contributed by atoms with Crippen molar-refractivity contribution < 1.29 is 14.4 Å². The number of rotatable bonds is 4. The molecule has 0 radical (unpaired) electrons. The van der Waals surface area contributed by atoms with E-state index in [9.17, 15) is 14.4 Å². The second-order valence-electron chi connectivity index (χ2n) is 5.74. The van der Waals surface area contributed by atoms with Gasteiger partial charge >= 0.3 is 11.8 Å². The fourth-order valence-corrected chi connectivity index (χ4v) is 4.12. The number of primary amides is 1. The number of carbonyl (C=O) groups excluding carboxylic acids is 3. The molecule has 1 aliphatic carbocycles. The molecule has 4 N–H and O–H groups in total. The van der Waals surface area contributed by atoms with Crippen molar-refractivity contribution >= 4 is 34.1 Å². The Morgan fingerprint density at radius 3 is 2.68 bits per heavy atom. The molecular formula is C17H18N4O3S. The minimum Gasteiger partial charge on any atom is -0.365 e. The maximum atomic E-state index is 12.1. The molecule has 0 saturated carbocycles. The minimum atomic E-state index is -0.822. The van der Waals surface area contributed by atoms with Crippen LogP contribution in [0.15, 0.2) is 24.4 Å². The molecule has 1 aliphatic rings. The number of hydrogen-bond donors (Lipinski definition) is 3. The van der Waals surface area contributed by atoms with Gasteiger partial charge in [-0.2, -0.15) is 0 Å². The van der Waals surface area contributed by atoms with Crippen molar-refractivity contribution in [1.29, 1.82) is 0 Å². The third-order valence-electron chi connectivity index (χ3n) is 4.01. The van der Waals surface area contributed by atoms with Crippen LogP contribution in [0.1, 0.15) is 39.3 Å². The van der Waals surface area contributed by atoms with Gasteiger partial charge in [0.1, 0.15) is 5.00 Å². The highest BCUT2D eigenvalue weighted by Crippen LogP contribution is 2.37. The number of aromatic nitrogens is 1. The highest BCUT2D eigenvalue weighted by atomic mass is 32.1. The molecule has 0 aliphatic heterocycles. The standard InChI is InChI=1S/C17H18N4O3S/c18-14(22)13-11-6-1-2-7-12(11)25-17(13)21-16(24)15(23)20-9-10-5-3-4-8-19-10/h3-5,8H,1-2,6-7,9H2,(H2,18,22)(H,20,23)(H,21,24). The van der Waals surface area contributed by atoms with Gasteiger partial charge in [-0.15, -0.1) is 11.3 Å². The molecular weight excluding hydrogens is 340 g/mol. The molecule has 7 nitrogen and oxygen atoms in total. The van der Waals surface area contributed by atoms with E-state index in [0.29, 0.717) is 16.3 Å². The molecule has 3 amide bonds. The van der Waals surface area contributed by atoms with Crippen molar-refractivity contribution in [3.05, 3.63) is 46.1 Å². The molecule has 25 heavy (non-hydrogen) atoms. The van der Waals surface area contributed by atoms with Gasteiger partial charge in [-0.05, 0) is 43.4 Å². The number of nitrogens with one attached hydrogen (secondary N) is 2. The smallest absolute Gasteiger partial charge is 0.314 e. The average Bonchev–Trinajstić information content (AvgIpc) is 2.98. The minimum absolute atomic E-state index is 0.150. The fraction of sp³-hybridized carbons (Fsp3) is 0.294. The number of hydrogen-bond acceptors (Lipinski definition) is 5. The van der Waals surface area contributed by atoms with E-state index in [4.69, 9.17) is 5.73 Å². The summed E-state index contributed by atoms with van der Waals surface area (Å²) in [7, 11) is 0. The van der Waals surface area contributed by atoms with Crippen LogP contribution in [0.4, 0.5) is 5.00 Å². The summed E-state index contributed by atoms with van der Waals surface area (Å²) in [5.41, 5.74) is 7.37. The van der Waals surface area contributed by atoms with Crippen LogP contribution in [0, 0.1) is 0 Å². The Morgan fingerprint density at radius 1 is 1.16 bits per heavy atom. The van der Waals surface area contributed by atoms with E-state index in [0.717, 1.165) is 36.1 Å². The predicted molar refractivity (Wildman–Crippen MR) is 94.2 cm³/mol. The maximum Gasteiger partial charge on any atom is 0.314 e. The molecule has 0 atom stereocenters. The summed E-state index contributed by atoms with van der Waals surface area (Å²) in [5.74, 6) is -2.19. The number of aryl methyl sites for hydroxylation is 1. The van der Waals surface area contributed by atoms with E-state index in [1.165, 1.54) is 11.3 Å². The van der Waals surface area contributed by atoms with Crippen LogP contribution in [-0.2, 0) is 29.0 Å². The van der Waals surface area contributed by atoms with Crippen molar-refractivity contribution in [2.75, 3.05) is 5.32 Å². The lowest BCUT2D eigenvalue weighted by Gasteiger charge is -2.11. The molecule has 130 valence electrons. The average molecular weight is 358 g/mol. The van der Waals surface area contributed by atoms with Crippen LogP contribution >= 0.6 is 11.3 Å². The highest BCUT2D eigenvalue weighted by Gasteiger charge is 2.26. The number of nitrogens with zero attached hydrogens (tertiary/aromatic N) is 1. The zero-order chi connectivity index (χ0) is 17.8. The highest BCUT2D eigenvalue weighted by molar-refractivity contribution is 7.17. The van der Waals surface area contributed by atoms with Gasteiger partial charge in [-0.25, -0.2) is 0 Å². The van der Waals surface area contributed by atoms with Crippen LogP contribution < -0.4 is 16.4 Å². The van der Waals surface area contributed by atoms with Crippen LogP contribution in [0.5, 0.6) is 0 Å². The summed E-state index contributed by atoms with van der Waals surface area (Å²) in [5, 5.41) is 5.39.